The maximum atomic E-state index is 13.4. The third kappa shape index (κ3) is 3.85. The highest BCUT2D eigenvalue weighted by Crippen LogP contribution is 2.40. The molecule has 0 radical (unpaired) electrons. The first-order chi connectivity index (χ1) is 15.6. The summed E-state index contributed by atoms with van der Waals surface area (Å²) in [7, 11) is 0. The first-order valence-corrected chi connectivity index (χ1v) is 11.5. The van der Waals surface area contributed by atoms with Gasteiger partial charge in [-0.2, -0.15) is 0 Å². The van der Waals surface area contributed by atoms with Crippen molar-refractivity contribution in [3.05, 3.63) is 106 Å². The number of hydrogen-bond acceptors (Lipinski definition) is 3. The van der Waals surface area contributed by atoms with E-state index in [9.17, 15) is 9.59 Å². The number of benzene rings is 3. The van der Waals surface area contributed by atoms with Gasteiger partial charge in [0.2, 0.25) is 0 Å². The normalized spacial score (nSPS) is 14.1. The topological polar surface area (TPSA) is 53.2 Å². The van der Waals surface area contributed by atoms with Gasteiger partial charge in [-0.15, -0.1) is 0 Å². The van der Waals surface area contributed by atoms with E-state index in [1.165, 1.54) is 16.7 Å². The number of para-hydroxylation sites is 1. The van der Waals surface area contributed by atoms with Gasteiger partial charge >= 0.3 is 0 Å². The minimum Gasteiger partial charge on any atom is -0.361 e. The SMILES string of the molecule is O=C1C(Sc2ccc(Cl)cc2)=C(c2ccccc2)C(=O)N1CCc1c[nH]c2ccccc12. The lowest BCUT2D eigenvalue weighted by molar-refractivity contribution is -0.136. The zero-order valence-corrected chi connectivity index (χ0v) is 18.6. The molecule has 0 bridgehead atoms. The van der Waals surface area contributed by atoms with Crippen molar-refractivity contribution >= 4 is 51.7 Å². The van der Waals surface area contributed by atoms with Crippen molar-refractivity contribution in [1.29, 1.82) is 0 Å². The summed E-state index contributed by atoms with van der Waals surface area (Å²) < 4.78 is 0. The van der Waals surface area contributed by atoms with Crippen LogP contribution in [0, 0.1) is 0 Å². The molecule has 0 saturated carbocycles. The summed E-state index contributed by atoms with van der Waals surface area (Å²) in [5.74, 6) is -0.508. The number of aromatic nitrogens is 1. The third-order valence-electron chi connectivity index (χ3n) is 5.50. The van der Waals surface area contributed by atoms with Crippen LogP contribution in [0.25, 0.3) is 16.5 Å². The highest BCUT2D eigenvalue weighted by atomic mass is 35.5. The van der Waals surface area contributed by atoms with Gasteiger partial charge in [0.25, 0.3) is 11.8 Å². The monoisotopic (exact) mass is 458 g/mol. The minimum absolute atomic E-state index is 0.252. The van der Waals surface area contributed by atoms with Crippen molar-refractivity contribution in [3.63, 3.8) is 0 Å². The van der Waals surface area contributed by atoms with E-state index in [1.807, 2.05) is 72.9 Å². The van der Waals surface area contributed by atoms with E-state index in [4.69, 9.17) is 11.6 Å². The first kappa shape index (κ1) is 20.6. The number of carbonyl (C=O) groups is 2. The second-order valence-electron chi connectivity index (χ2n) is 7.50. The fourth-order valence-corrected chi connectivity index (χ4v) is 5.04. The highest BCUT2D eigenvalue weighted by molar-refractivity contribution is 8.04. The van der Waals surface area contributed by atoms with Crippen molar-refractivity contribution in [1.82, 2.24) is 9.88 Å². The minimum atomic E-state index is -0.256. The molecule has 0 spiro atoms. The summed E-state index contributed by atoms with van der Waals surface area (Å²) in [6.07, 6.45) is 2.53. The number of amides is 2. The molecule has 158 valence electrons. The molecule has 5 rings (SSSR count). The van der Waals surface area contributed by atoms with Crippen LogP contribution in [0.3, 0.4) is 0 Å². The van der Waals surface area contributed by atoms with Gasteiger partial charge in [0, 0.05) is 33.6 Å². The molecule has 0 atom stereocenters. The second kappa shape index (κ2) is 8.69. The molecule has 32 heavy (non-hydrogen) atoms. The van der Waals surface area contributed by atoms with E-state index in [1.54, 1.807) is 12.1 Å². The van der Waals surface area contributed by atoms with Gasteiger partial charge in [-0.1, -0.05) is 71.9 Å². The molecule has 3 aromatic carbocycles. The number of hydrogen-bond donors (Lipinski definition) is 1. The molecule has 4 aromatic rings. The highest BCUT2D eigenvalue weighted by Gasteiger charge is 2.39. The van der Waals surface area contributed by atoms with E-state index >= 15 is 0 Å². The van der Waals surface area contributed by atoms with Gasteiger partial charge in [0.05, 0.1) is 10.5 Å². The van der Waals surface area contributed by atoms with Crippen LogP contribution < -0.4 is 0 Å². The van der Waals surface area contributed by atoms with Gasteiger partial charge in [0.15, 0.2) is 0 Å². The van der Waals surface area contributed by atoms with E-state index in [2.05, 4.69) is 4.98 Å². The standard InChI is InChI=1S/C26H19ClN2O2S/c27-19-10-12-20(13-11-19)32-24-23(17-6-2-1-3-7-17)25(30)29(26(24)31)15-14-18-16-28-22-9-5-4-8-21(18)22/h1-13,16,28H,14-15H2. The predicted molar refractivity (Wildman–Crippen MR) is 129 cm³/mol. The van der Waals surface area contributed by atoms with Crippen LogP contribution in [0.1, 0.15) is 11.1 Å². The van der Waals surface area contributed by atoms with Gasteiger partial charge in [-0.3, -0.25) is 14.5 Å². The molecular weight excluding hydrogens is 440 g/mol. The van der Waals surface area contributed by atoms with Crippen LogP contribution in [-0.2, 0) is 16.0 Å². The summed E-state index contributed by atoms with van der Waals surface area (Å²) in [5, 5.41) is 1.74. The number of fused-ring (bicyclic) bond motifs is 1. The van der Waals surface area contributed by atoms with Crippen molar-refractivity contribution in [2.24, 2.45) is 0 Å². The molecule has 1 aromatic heterocycles. The molecule has 2 heterocycles. The van der Waals surface area contributed by atoms with Gasteiger partial charge < -0.3 is 4.98 Å². The molecule has 4 nitrogen and oxygen atoms in total. The van der Waals surface area contributed by atoms with E-state index in [0.29, 0.717) is 28.5 Å². The average molecular weight is 459 g/mol. The molecule has 0 fully saturated rings. The lowest BCUT2D eigenvalue weighted by Gasteiger charge is -2.15. The van der Waals surface area contributed by atoms with Crippen LogP contribution in [0.15, 0.2) is 94.9 Å². The number of aromatic amines is 1. The van der Waals surface area contributed by atoms with Crippen LogP contribution in [-0.4, -0.2) is 28.2 Å². The number of rotatable bonds is 6. The molecule has 0 saturated heterocycles. The number of H-pyrrole nitrogens is 1. The molecule has 0 aliphatic carbocycles. The van der Waals surface area contributed by atoms with Crippen molar-refractivity contribution in [2.45, 2.75) is 11.3 Å². The Hall–Kier alpha value is -3.28. The molecular formula is C26H19ClN2O2S. The maximum absolute atomic E-state index is 13.4. The van der Waals surface area contributed by atoms with Crippen molar-refractivity contribution in [2.75, 3.05) is 6.54 Å². The molecule has 1 aliphatic rings. The Bertz CT molecular complexity index is 1340. The largest absolute Gasteiger partial charge is 0.361 e. The summed E-state index contributed by atoms with van der Waals surface area (Å²) >= 11 is 7.31. The lowest BCUT2D eigenvalue weighted by atomic mass is 10.1. The van der Waals surface area contributed by atoms with Crippen molar-refractivity contribution in [3.8, 4) is 0 Å². The smallest absolute Gasteiger partial charge is 0.268 e. The summed E-state index contributed by atoms with van der Waals surface area (Å²) in [6.45, 7) is 0.320. The molecule has 1 aliphatic heterocycles. The summed E-state index contributed by atoms with van der Waals surface area (Å²) in [5.41, 5.74) is 3.33. The van der Waals surface area contributed by atoms with Crippen LogP contribution in [0.5, 0.6) is 0 Å². The van der Waals surface area contributed by atoms with Gasteiger partial charge in [0.1, 0.15) is 0 Å². The van der Waals surface area contributed by atoms with Gasteiger partial charge in [-0.05, 0) is 47.9 Å². The first-order valence-electron chi connectivity index (χ1n) is 10.3. The quantitative estimate of drug-likeness (QED) is 0.364. The second-order valence-corrected chi connectivity index (χ2v) is 9.02. The number of imide groups is 1. The third-order valence-corrected chi connectivity index (χ3v) is 6.84. The van der Waals surface area contributed by atoms with Crippen LogP contribution >= 0.6 is 23.4 Å². The summed E-state index contributed by atoms with van der Waals surface area (Å²) in [4.78, 5) is 32.7. The number of halogens is 1. The zero-order valence-electron chi connectivity index (χ0n) is 17.0. The Balaban J connectivity index is 1.45. The molecule has 0 unspecified atom stereocenters. The summed E-state index contributed by atoms with van der Waals surface area (Å²) in [6, 6.07) is 24.7. The lowest BCUT2D eigenvalue weighted by Crippen LogP contribution is -2.33. The number of carbonyl (C=O) groups excluding carboxylic acids is 2. The predicted octanol–water partition coefficient (Wildman–Crippen LogP) is 5.94. The van der Waals surface area contributed by atoms with Crippen molar-refractivity contribution < 1.29 is 9.59 Å². The van der Waals surface area contributed by atoms with E-state index < -0.39 is 0 Å². The van der Waals surface area contributed by atoms with E-state index in [0.717, 1.165) is 26.9 Å². The molecule has 6 heteroatoms. The van der Waals surface area contributed by atoms with Crippen LogP contribution in [0.4, 0.5) is 0 Å². The fraction of sp³-hybridized carbons (Fsp3) is 0.0769. The Morgan fingerprint density at radius 2 is 1.56 bits per heavy atom. The zero-order chi connectivity index (χ0) is 22.1. The Labute approximate surface area is 194 Å². The number of thioether (sulfide) groups is 1. The molecule has 1 N–H and O–H groups in total. The molecule has 2 amide bonds. The number of nitrogens with zero attached hydrogens (tertiary/aromatic N) is 1. The maximum Gasteiger partial charge on any atom is 0.268 e. The van der Waals surface area contributed by atoms with Gasteiger partial charge in [-0.25, -0.2) is 0 Å². The Morgan fingerprint density at radius 3 is 2.34 bits per heavy atom. The van der Waals surface area contributed by atoms with Crippen LogP contribution in [0.2, 0.25) is 5.02 Å². The average Bonchev–Trinajstić information content (AvgIpc) is 3.33. The Morgan fingerprint density at radius 1 is 0.844 bits per heavy atom. The number of nitrogens with one attached hydrogen (secondary N) is 1. The van der Waals surface area contributed by atoms with E-state index in [-0.39, 0.29) is 11.8 Å². The Kier molecular flexibility index (Phi) is 5.60. The fourth-order valence-electron chi connectivity index (χ4n) is 3.90.